The third kappa shape index (κ3) is 1.27. The summed E-state index contributed by atoms with van der Waals surface area (Å²) in [6.45, 7) is 0.916. The average Bonchev–Trinajstić information content (AvgIpc) is 1.69. The van der Waals surface area contributed by atoms with Crippen LogP contribution in [0.5, 0.6) is 0 Å². The van der Waals surface area contributed by atoms with Crippen molar-refractivity contribution in [2.45, 2.75) is 0 Å². The Morgan fingerprint density at radius 2 is 2.29 bits per heavy atom. The molecule has 0 saturated heterocycles. The standard InChI is InChI=1S/C5H7NS/c7-6-4-2-1-3-5-6/h1-4,7H,5H2. The summed E-state index contributed by atoms with van der Waals surface area (Å²) in [5.41, 5.74) is 0. The van der Waals surface area contributed by atoms with E-state index in [9.17, 15) is 0 Å². The van der Waals surface area contributed by atoms with Crippen molar-refractivity contribution in [1.29, 1.82) is 0 Å². The van der Waals surface area contributed by atoms with Gasteiger partial charge in [0.25, 0.3) is 0 Å². The maximum absolute atomic E-state index is 4.06. The van der Waals surface area contributed by atoms with Gasteiger partial charge in [-0.3, -0.25) is 0 Å². The molecule has 0 amide bonds. The largest absolute Gasteiger partial charge is 0.322 e. The monoisotopic (exact) mass is 113 g/mol. The minimum Gasteiger partial charge on any atom is -0.322 e. The van der Waals surface area contributed by atoms with Crippen LogP contribution in [0, 0.1) is 0 Å². The van der Waals surface area contributed by atoms with E-state index in [2.05, 4.69) is 12.8 Å². The number of rotatable bonds is 0. The summed E-state index contributed by atoms with van der Waals surface area (Å²) >= 11 is 4.06. The molecule has 0 N–H and O–H groups in total. The lowest BCUT2D eigenvalue weighted by Gasteiger charge is -2.09. The Hall–Kier alpha value is -0.370. The minimum atomic E-state index is 0.916. The van der Waals surface area contributed by atoms with Gasteiger partial charge >= 0.3 is 0 Å². The van der Waals surface area contributed by atoms with E-state index in [1.807, 2.05) is 28.7 Å². The maximum Gasteiger partial charge on any atom is 0.0470 e. The fourth-order valence-electron chi connectivity index (χ4n) is 0.457. The summed E-state index contributed by atoms with van der Waals surface area (Å²) in [5, 5.41) is 0. The van der Waals surface area contributed by atoms with E-state index in [1.165, 1.54) is 0 Å². The lowest BCUT2D eigenvalue weighted by Crippen LogP contribution is -2.04. The first-order valence-corrected chi connectivity index (χ1v) is 2.58. The normalized spacial score (nSPS) is 18.1. The summed E-state index contributed by atoms with van der Waals surface area (Å²) in [5.74, 6) is 0. The van der Waals surface area contributed by atoms with Crippen molar-refractivity contribution in [3.63, 3.8) is 0 Å². The Labute approximate surface area is 48.9 Å². The van der Waals surface area contributed by atoms with E-state index in [0.29, 0.717) is 0 Å². The van der Waals surface area contributed by atoms with Crippen molar-refractivity contribution in [3.8, 4) is 0 Å². The molecule has 2 heteroatoms. The molecule has 0 aromatic carbocycles. The Morgan fingerprint density at radius 1 is 1.43 bits per heavy atom. The smallest absolute Gasteiger partial charge is 0.0470 e. The zero-order valence-electron chi connectivity index (χ0n) is 3.91. The van der Waals surface area contributed by atoms with Crippen LogP contribution in [0.15, 0.2) is 24.4 Å². The first-order chi connectivity index (χ1) is 3.39. The number of hydrogen-bond donors (Lipinski definition) is 1. The minimum absolute atomic E-state index is 0.916. The quantitative estimate of drug-likeness (QED) is 0.462. The van der Waals surface area contributed by atoms with Crippen LogP contribution in [0.25, 0.3) is 0 Å². The van der Waals surface area contributed by atoms with Gasteiger partial charge in [-0.15, -0.1) is 0 Å². The molecule has 1 heterocycles. The van der Waals surface area contributed by atoms with E-state index in [1.54, 1.807) is 0 Å². The molecule has 7 heavy (non-hydrogen) atoms. The SMILES string of the molecule is SN1C=CC=CC1. The number of allylic oxidation sites excluding steroid dienone is 2. The highest BCUT2D eigenvalue weighted by Crippen LogP contribution is 1.98. The van der Waals surface area contributed by atoms with Crippen molar-refractivity contribution in [2.24, 2.45) is 0 Å². The van der Waals surface area contributed by atoms with Crippen molar-refractivity contribution < 1.29 is 0 Å². The molecular formula is C5H7NS. The fourth-order valence-corrected chi connectivity index (χ4v) is 0.629. The summed E-state index contributed by atoms with van der Waals surface area (Å²) in [7, 11) is 0. The third-order valence-electron chi connectivity index (χ3n) is 0.798. The molecule has 38 valence electrons. The van der Waals surface area contributed by atoms with Crippen molar-refractivity contribution in [1.82, 2.24) is 4.31 Å². The molecule has 1 aliphatic heterocycles. The van der Waals surface area contributed by atoms with E-state index in [0.717, 1.165) is 6.54 Å². The highest BCUT2D eigenvalue weighted by atomic mass is 32.1. The van der Waals surface area contributed by atoms with E-state index in [4.69, 9.17) is 0 Å². The van der Waals surface area contributed by atoms with Gasteiger partial charge < -0.3 is 4.31 Å². The molecule has 1 nitrogen and oxygen atoms in total. The second-order valence-electron chi connectivity index (χ2n) is 1.39. The van der Waals surface area contributed by atoms with Crippen LogP contribution in [0.3, 0.4) is 0 Å². The lowest BCUT2D eigenvalue weighted by atomic mass is 10.4. The van der Waals surface area contributed by atoms with Gasteiger partial charge in [0.2, 0.25) is 0 Å². The number of hydrogen-bond acceptors (Lipinski definition) is 2. The highest BCUT2D eigenvalue weighted by Gasteiger charge is 1.87. The average molecular weight is 113 g/mol. The van der Waals surface area contributed by atoms with Gasteiger partial charge in [-0.2, -0.15) is 0 Å². The molecule has 1 rings (SSSR count). The molecule has 1 aliphatic rings. The Bertz CT molecular complexity index is 107. The van der Waals surface area contributed by atoms with Gasteiger partial charge in [0.1, 0.15) is 0 Å². The van der Waals surface area contributed by atoms with Gasteiger partial charge in [0, 0.05) is 12.7 Å². The van der Waals surface area contributed by atoms with Crippen LogP contribution in [0.2, 0.25) is 0 Å². The first-order valence-electron chi connectivity index (χ1n) is 2.18. The van der Waals surface area contributed by atoms with E-state index < -0.39 is 0 Å². The molecule has 0 unspecified atom stereocenters. The van der Waals surface area contributed by atoms with Gasteiger partial charge in [-0.05, 0) is 6.08 Å². The van der Waals surface area contributed by atoms with Gasteiger partial charge in [-0.25, -0.2) is 0 Å². The maximum atomic E-state index is 4.06. The molecular weight excluding hydrogens is 106 g/mol. The summed E-state index contributed by atoms with van der Waals surface area (Å²) in [6, 6.07) is 0. The summed E-state index contributed by atoms with van der Waals surface area (Å²) < 4.78 is 1.82. The van der Waals surface area contributed by atoms with Crippen LogP contribution in [-0.2, 0) is 0 Å². The molecule has 0 atom stereocenters. The van der Waals surface area contributed by atoms with Crippen molar-refractivity contribution in [2.75, 3.05) is 6.54 Å². The van der Waals surface area contributed by atoms with Crippen molar-refractivity contribution >= 4 is 12.8 Å². The van der Waals surface area contributed by atoms with Gasteiger partial charge in [0.15, 0.2) is 0 Å². The summed E-state index contributed by atoms with van der Waals surface area (Å²) in [6.07, 6.45) is 7.93. The molecule has 0 fully saturated rings. The molecule has 0 aliphatic carbocycles. The highest BCUT2D eigenvalue weighted by molar-refractivity contribution is 7.77. The molecule has 0 radical (unpaired) electrons. The zero-order chi connectivity index (χ0) is 5.11. The second kappa shape index (κ2) is 2.07. The molecule has 0 bridgehead atoms. The van der Waals surface area contributed by atoms with E-state index >= 15 is 0 Å². The van der Waals surface area contributed by atoms with Gasteiger partial charge in [-0.1, -0.05) is 25.0 Å². The Kier molecular flexibility index (Phi) is 1.42. The van der Waals surface area contributed by atoms with Crippen LogP contribution < -0.4 is 0 Å². The van der Waals surface area contributed by atoms with Crippen LogP contribution >= 0.6 is 12.8 Å². The second-order valence-corrected chi connectivity index (χ2v) is 1.91. The summed E-state index contributed by atoms with van der Waals surface area (Å²) in [4.78, 5) is 0. The number of thiol groups is 1. The first kappa shape index (κ1) is 4.78. The molecule has 0 aromatic rings. The topological polar surface area (TPSA) is 3.24 Å². The fraction of sp³-hybridized carbons (Fsp3) is 0.200. The predicted octanol–water partition coefficient (Wildman–Crippen LogP) is 1.22. The van der Waals surface area contributed by atoms with Gasteiger partial charge in [0.05, 0.1) is 0 Å². The zero-order valence-corrected chi connectivity index (χ0v) is 4.81. The predicted molar refractivity (Wildman–Crippen MR) is 34.0 cm³/mol. The number of nitrogens with zero attached hydrogens (tertiary/aromatic N) is 1. The molecule has 0 aromatic heterocycles. The van der Waals surface area contributed by atoms with Crippen LogP contribution in [-0.4, -0.2) is 10.8 Å². The Balaban J connectivity index is 2.49. The van der Waals surface area contributed by atoms with E-state index in [-0.39, 0.29) is 0 Å². The van der Waals surface area contributed by atoms with Crippen LogP contribution in [0.4, 0.5) is 0 Å². The Morgan fingerprint density at radius 3 is 2.57 bits per heavy atom. The lowest BCUT2D eigenvalue weighted by molar-refractivity contribution is 0.700. The molecule has 0 spiro atoms. The van der Waals surface area contributed by atoms with Crippen LogP contribution in [0.1, 0.15) is 0 Å². The van der Waals surface area contributed by atoms with Crippen molar-refractivity contribution in [3.05, 3.63) is 24.4 Å². The third-order valence-corrected chi connectivity index (χ3v) is 1.09. The molecule has 0 saturated carbocycles.